The summed E-state index contributed by atoms with van der Waals surface area (Å²) in [5.74, 6) is -0.0734. The van der Waals surface area contributed by atoms with Gasteiger partial charge in [0, 0.05) is 13.1 Å². The highest BCUT2D eigenvalue weighted by Gasteiger charge is 2.16. The summed E-state index contributed by atoms with van der Waals surface area (Å²) in [6, 6.07) is 11.4. The van der Waals surface area contributed by atoms with Crippen molar-refractivity contribution in [1.29, 1.82) is 0 Å². The van der Waals surface area contributed by atoms with Crippen LogP contribution in [0.3, 0.4) is 0 Å². The first-order valence-corrected chi connectivity index (χ1v) is 6.67. The molecule has 0 spiro atoms. The Bertz CT molecular complexity index is 593. The third-order valence-corrected chi connectivity index (χ3v) is 3.30. The molecule has 1 amide bonds. The molecule has 0 saturated heterocycles. The molecule has 0 atom stereocenters. The van der Waals surface area contributed by atoms with Crippen molar-refractivity contribution in [3.05, 3.63) is 59.4 Å². The first-order chi connectivity index (χ1) is 9.61. The zero-order valence-electron chi connectivity index (χ0n) is 11.8. The van der Waals surface area contributed by atoms with E-state index in [4.69, 9.17) is 5.73 Å². The Morgan fingerprint density at radius 3 is 2.60 bits per heavy atom. The van der Waals surface area contributed by atoms with E-state index in [1.165, 1.54) is 11.8 Å². The van der Waals surface area contributed by atoms with Crippen LogP contribution in [0, 0.1) is 6.92 Å². The number of rotatable bonds is 4. The van der Waals surface area contributed by atoms with E-state index >= 15 is 0 Å². The number of nitrogens with zero attached hydrogens (tertiary/aromatic N) is 2. The first-order valence-electron chi connectivity index (χ1n) is 6.67. The van der Waals surface area contributed by atoms with E-state index in [9.17, 15) is 4.79 Å². The van der Waals surface area contributed by atoms with Gasteiger partial charge < -0.3 is 10.6 Å². The minimum absolute atomic E-state index is 0.0734. The number of hydrogen-bond donors (Lipinski definition) is 1. The Morgan fingerprint density at radius 1 is 1.25 bits per heavy atom. The minimum atomic E-state index is -0.0734. The molecule has 104 valence electrons. The third-order valence-electron chi connectivity index (χ3n) is 3.30. The predicted octanol–water partition coefficient (Wildman–Crippen LogP) is 2.63. The lowest BCUT2D eigenvalue weighted by molar-refractivity contribution is 0.0746. The Balaban J connectivity index is 2.18. The summed E-state index contributed by atoms with van der Waals surface area (Å²) in [7, 11) is 0. The van der Waals surface area contributed by atoms with E-state index in [0.717, 1.165) is 5.56 Å². The molecule has 1 aromatic heterocycles. The van der Waals surface area contributed by atoms with Crippen LogP contribution in [-0.2, 0) is 6.54 Å². The maximum Gasteiger partial charge on any atom is 0.272 e. The Hall–Kier alpha value is -2.36. The second-order valence-corrected chi connectivity index (χ2v) is 4.72. The van der Waals surface area contributed by atoms with Gasteiger partial charge in [-0.15, -0.1) is 0 Å². The number of anilines is 1. The lowest BCUT2D eigenvalue weighted by atomic mass is 10.1. The fraction of sp³-hybridized carbons (Fsp3) is 0.250. The van der Waals surface area contributed by atoms with Crippen molar-refractivity contribution < 1.29 is 4.79 Å². The number of aromatic nitrogens is 1. The first kappa shape index (κ1) is 14.1. The number of nitrogen functional groups attached to an aromatic ring is 1. The van der Waals surface area contributed by atoms with Crippen LogP contribution in [0.1, 0.15) is 28.5 Å². The molecule has 1 aromatic carbocycles. The smallest absolute Gasteiger partial charge is 0.272 e. The van der Waals surface area contributed by atoms with Crippen LogP contribution >= 0.6 is 0 Å². The van der Waals surface area contributed by atoms with Crippen molar-refractivity contribution in [2.45, 2.75) is 20.4 Å². The molecular formula is C16H19N3O. The molecule has 0 unspecified atom stereocenters. The summed E-state index contributed by atoms with van der Waals surface area (Å²) in [5, 5.41) is 0. The Morgan fingerprint density at radius 2 is 2.00 bits per heavy atom. The van der Waals surface area contributed by atoms with Gasteiger partial charge in [-0.1, -0.05) is 24.3 Å². The standard InChI is InChI=1S/C16H19N3O/c1-3-19(11-13-7-5-4-6-12(13)2)16(20)15-9-8-14(17)10-18-15/h4-10H,3,11,17H2,1-2H3. The van der Waals surface area contributed by atoms with E-state index in [0.29, 0.717) is 24.5 Å². The van der Waals surface area contributed by atoms with Gasteiger partial charge >= 0.3 is 0 Å². The lowest BCUT2D eigenvalue weighted by Crippen LogP contribution is -2.31. The fourth-order valence-electron chi connectivity index (χ4n) is 2.01. The third kappa shape index (κ3) is 3.15. The van der Waals surface area contributed by atoms with Crippen LogP contribution in [-0.4, -0.2) is 22.3 Å². The van der Waals surface area contributed by atoms with Gasteiger partial charge in [0.1, 0.15) is 5.69 Å². The van der Waals surface area contributed by atoms with Crippen LogP contribution in [0.15, 0.2) is 42.6 Å². The lowest BCUT2D eigenvalue weighted by Gasteiger charge is -2.21. The van der Waals surface area contributed by atoms with Crippen LogP contribution in [0.5, 0.6) is 0 Å². The quantitative estimate of drug-likeness (QED) is 0.928. The Labute approximate surface area is 119 Å². The van der Waals surface area contributed by atoms with Crippen molar-refractivity contribution in [3.63, 3.8) is 0 Å². The number of hydrogen-bond acceptors (Lipinski definition) is 3. The summed E-state index contributed by atoms with van der Waals surface area (Å²) in [6.45, 7) is 5.25. The molecule has 2 N–H and O–H groups in total. The molecule has 0 fully saturated rings. The molecule has 0 bridgehead atoms. The van der Waals surface area contributed by atoms with Crippen molar-refractivity contribution in [1.82, 2.24) is 9.88 Å². The summed E-state index contributed by atoms with van der Waals surface area (Å²) in [6.07, 6.45) is 1.51. The molecule has 2 rings (SSSR count). The van der Waals surface area contributed by atoms with Crippen molar-refractivity contribution in [3.8, 4) is 0 Å². The minimum Gasteiger partial charge on any atom is -0.397 e. The molecule has 4 heteroatoms. The van der Waals surface area contributed by atoms with E-state index in [1.54, 1.807) is 17.0 Å². The zero-order chi connectivity index (χ0) is 14.5. The van der Waals surface area contributed by atoms with Gasteiger partial charge in [0.2, 0.25) is 0 Å². The zero-order valence-corrected chi connectivity index (χ0v) is 11.8. The molecule has 2 aromatic rings. The van der Waals surface area contributed by atoms with E-state index in [1.807, 2.05) is 25.1 Å². The van der Waals surface area contributed by atoms with Gasteiger partial charge in [-0.05, 0) is 37.1 Å². The number of carbonyl (C=O) groups excluding carboxylic acids is 1. The second kappa shape index (κ2) is 6.19. The van der Waals surface area contributed by atoms with E-state index in [2.05, 4.69) is 18.0 Å². The average molecular weight is 269 g/mol. The maximum atomic E-state index is 12.4. The largest absolute Gasteiger partial charge is 0.397 e. The number of carbonyl (C=O) groups is 1. The topological polar surface area (TPSA) is 59.2 Å². The van der Waals surface area contributed by atoms with Crippen LogP contribution in [0.25, 0.3) is 0 Å². The number of amides is 1. The number of aryl methyl sites for hydroxylation is 1. The average Bonchev–Trinajstić information content (AvgIpc) is 2.46. The van der Waals surface area contributed by atoms with Gasteiger partial charge in [-0.2, -0.15) is 0 Å². The molecule has 1 heterocycles. The molecule has 0 aliphatic carbocycles. The summed E-state index contributed by atoms with van der Waals surface area (Å²) < 4.78 is 0. The van der Waals surface area contributed by atoms with Gasteiger partial charge in [0.25, 0.3) is 5.91 Å². The Kier molecular flexibility index (Phi) is 4.35. The monoisotopic (exact) mass is 269 g/mol. The number of pyridine rings is 1. The normalized spacial score (nSPS) is 10.3. The fourth-order valence-corrected chi connectivity index (χ4v) is 2.01. The highest BCUT2D eigenvalue weighted by molar-refractivity contribution is 5.92. The molecule has 0 saturated carbocycles. The van der Waals surface area contributed by atoms with Gasteiger partial charge in [0.05, 0.1) is 11.9 Å². The SMILES string of the molecule is CCN(Cc1ccccc1C)C(=O)c1ccc(N)cn1. The number of nitrogens with two attached hydrogens (primary N) is 1. The molecule has 0 aliphatic heterocycles. The summed E-state index contributed by atoms with van der Waals surface area (Å²) >= 11 is 0. The van der Waals surface area contributed by atoms with Crippen molar-refractivity contribution >= 4 is 11.6 Å². The van der Waals surface area contributed by atoms with Crippen molar-refractivity contribution in [2.75, 3.05) is 12.3 Å². The highest BCUT2D eigenvalue weighted by atomic mass is 16.2. The van der Waals surface area contributed by atoms with Gasteiger partial charge in [-0.25, -0.2) is 4.98 Å². The van der Waals surface area contributed by atoms with Gasteiger partial charge in [0.15, 0.2) is 0 Å². The summed E-state index contributed by atoms with van der Waals surface area (Å²) in [5.41, 5.74) is 8.91. The van der Waals surface area contributed by atoms with Crippen molar-refractivity contribution in [2.24, 2.45) is 0 Å². The number of benzene rings is 1. The highest BCUT2D eigenvalue weighted by Crippen LogP contribution is 2.13. The van der Waals surface area contributed by atoms with Crippen LogP contribution in [0.2, 0.25) is 0 Å². The molecule has 20 heavy (non-hydrogen) atoms. The molecule has 0 aliphatic rings. The molecular weight excluding hydrogens is 250 g/mol. The predicted molar refractivity (Wildman–Crippen MR) is 80.2 cm³/mol. The van der Waals surface area contributed by atoms with Crippen LogP contribution in [0.4, 0.5) is 5.69 Å². The van der Waals surface area contributed by atoms with E-state index in [-0.39, 0.29) is 5.91 Å². The van der Waals surface area contributed by atoms with Gasteiger partial charge in [-0.3, -0.25) is 4.79 Å². The second-order valence-electron chi connectivity index (χ2n) is 4.72. The van der Waals surface area contributed by atoms with Crippen LogP contribution < -0.4 is 5.73 Å². The molecule has 4 nitrogen and oxygen atoms in total. The maximum absolute atomic E-state index is 12.4. The van der Waals surface area contributed by atoms with E-state index < -0.39 is 0 Å². The summed E-state index contributed by atoms with van der Waals surface area (Å²) in [4.78, 5) is 18.3. The molecule has 0 radical (unpaired) electrons.